The summed E-state index contributed by atoms with van der Waals surface area (Å²) >= 11 is 0. The molecule has 0 aliphatic carbocycles. The highest BCUT2D eigenvalue weighted by Crippen LogP contribution is 2.31. The highest BCUT2D eigenvalue weighted by Gasteiger charge is 2.37. The lowest BCUT2D eigenvalue weighted by molar-refractivity contribution is -0.132. The molecule has 1 rings (SSSR count). The average Bonchev–Trinajstić information content (AvgIpc) is 2.78. The van der Waals surface area contributed by atoms with E-state index in [-0.39, 0.29) is 5.60 Å². The van der Waals surface area contributed by atoms with Gasteiger partial charge in [-0.3, -0.25) is 0 Å². The minimum Gasteiger partial charge on any atom is -0.478 e. The van der Waals surface area contributed by atoms with Crippen LogP contribution in [0.1, 0.15) is 33.1 Å². The van der Waals surface area contributed by atoms with Crippen molar-refractivity contribution in [2.24, 2.45) is 0 Å². The standard InChI is InChI=1S/C10H16O3/c1-8(9(11)12)5-3-4-6-10(2)7-13-10/h5H,3-4,6-7H2,1-2H3,(H,11,12). The number of hydrogen-bond acceptors (Lipinski definition) is 2. The highest BCUT2D eigenvalue weighted by molar-refractivity contribution is 5.85. The fourth-order valence-electron chi connectivity index (χ4n) is 1.15. The van der Waals surface area contributed by atoms with Crippen molar-refractivity contribution in [3.8, 4) is 0 Å². The molecular formula is C10H16O3. The summed E-state index contributed by atoms with van der Waals surface area (Å²) in [5.74, 6) is -0.825. The second-order valence-electron chi connectivity index (χ2n) is 3.82. The molecular weight excluding hydrogens is 168 g/mol. The first-order chi connectivity index (χ1) is 6.03. The van der Waals surface area contributed by atoms with Crippen molar-refractivity contribution in [2.45, 2.75) is 38.7 Å². The van der Waals surface area contributed by atoms with Gasteiger partial charge in [0.2, 0.25) is 0 Å². The van der Waals surface area contributed by atoms with Crippen molar-refractivity contribution in [3.63, 3.8) is 0 Å². The predicted molar refractivity (Wildman–Crippen MR) is 49.6 cm³/mol. The Bertz CT molecular complexity index is 226. The molecule has 0 aromatic carbocycles. The number of carboxylic acid groups (broad SMARTS) is 1. The number of hydrogen-bond donors (Lipinski definition) is 1. The SMILES string of the molecule is CC(=CCCCC1(C)CO1)C(=O)O. The van der Waals surface area contributed by atoms with Gasteiger partial charge in [-0.05, 0) is 33.1 Å². The molecule has 1 aliphatic heterocycles. The topological polar surface area (TPSA) is 49.8 Å². The van der Waals surface area contributed by atoms with Crippen LogP contribution in [0.3, 0.4) is 0 Å². The van der Waals surface area contributed by atoms with Crippen molar-refractivity contribution in [1.82, 2.24) is 0 Å². The fourth-order valence-corrected chi connectivity index (χ4v) is 1.15. The van der Waals surface area contributed by atoms with E-state index in [0.717, 1.165) is 25.9 Å². The highest BCUT2D eigenvalue weighted by atomic mass is 16.6. The van der Waals surface area contributed by atoms with Crippen LogP contribution in [0.4, 0.5) is 0 Å². The summed E-state index contributed by atoms with van der Waals surface area (Å²) in [5, 5.41) is 8.56. The monoisotopic (exact) mass is 184 g/mol. The number of epoxide rings is 1. The van der Waals surface area contributed by atoms with Crippen LogP contribution in [0.2, 0.25) is 0 Å². The third-order valence-corrected chi connectivity index (χ3v) is 2.33. The summed E-state index contributed by atoms with van der Waals surface area (Å²) in [7, 11) is 0. The number of rotatable bonds is 5. The van der Waals surface area contributed by atoms with Crippen molar-refractivity contribution in [3.05, 3.63) is 11.6 Å². The molecule has 0 spiro atoms. The molecule has 1 N–H and O–H groups in total. The predicted octanol–water partition coefficient (Wildman–Crippen LogP) is 1.98. The minimum atomic E-state index is -0.825. The molecule has 3 heteroatoms. The average molecular weight is 184 g/mol. The lowest BCUT2D eigenvalue weighted by Crippen LogP contribution is -2.03. The zero-order chi connectivity index (χ0) is 9.90. The van der Waals surface area contributed by atoms with Gasteiger partial charge in [0.1, 0.15) is 0 Å². The lowest BCUT2D eigenvalue weighted by Gasteiger charge is -2.01. The number of aliphatic carboxylic acids is 1. The van der Waals surface area contributed by atoms with Gasteiger partial charge in [0.05, 0.1) is 12.2 Å². The van der Waals surface area contributed by atoms with Crippen molar-refractivity contribution >= 4 is 5.97 Å². The van der Waals surface area contributed by atoms with E-state index < -0.39 is 5.97 Å². The molecule has 1 fully saturated rings. The van der Waals surface area contributed by atoms with Gasteiger partial charge in [-0.15, -0.1) is 0 Å². The molecule has 74 valence electrons. The Morgan fingerprint density at radius 3 is 2.77 bits per heavy atom. The van der Waals surface area contributed by atoms with Gasteiger partial charge in [0.25, 0.3) is 0 Å². The maximum atomic E-state index is 10.4. The fraction of sp³-hybridized carbons (Fsp3) is 0.700. The Balaban J connectivity index is 2.13. The van der Waals surface area contributed by atoms with Crippen LogP contribution < -0.4 is 0 Å². The quantitative estimate of drug-likeness (QED) is 0.404. The molecule has 3 nitrogen and oxygen atoms in total. The van der Waals surface area contributed by atoms with Gasteiger partial charge in [-0.2, -0.15) is 0 Å². The van der Waals surface area contributed by atoms with Gasteiger partial charge in [0.15, 0.2) is 0 Å². The van der Waals surface area contributed by atoms with Crippen LogP contribution in [0, 0.1) is 0 Å². The van der Waals surface area contributed by atoms with E-state index in [1.165, 1.54) is 0 Å². The first-order valence-electron chi connectivity index (χ1n) is 4.57. The van der Waals surface area contributed by atoms with Crippen molar-refractivity contribution in [2.75, 3.05) is 6.61 Å². The Morgan fingerprint density at radius 1 is 1.69 bits per heavy atom. The van der Waals surface area contributed by atoms with Gasteiger partial charge < -0.3 is 9.84 Å². The molecule has 1 aliphatic rings. The molecule has 0 saturated carbocycles. The van der Waals surface area contributed by atoms with Gasteiger partial charge in [-0.25, -0.2) is 4.79 Å². The van der Waals surface area contributed by atoms with Crippen molar-refractivity contribution in [1.29, 1.82) is 0 Å². The third kappa shape index (κ3) is 3.59. The smallest absolute Gasteiger partial charge is 0.330 e. The van der Waals surface area contributed by atoms with E-state index in [4.69, 9.17) is 9.84 Å². The first-order valence-corrected chi connectivity index (χ1v) is 4.57. The number of allylic oxidation sites excluding steroid dienone is 1. The molecule has 0 radical (unpaired) electrons. The molecule has 1 saturated heterocycles. The summed E-state index contributed by atoms with van der Waals surface area (Å²) in [6, 6.07) is 0. The van der Waals surface area contributed by atoms with Crippen LogP contribution in [-0.4, -0.2) is 23.3 Å². The zero-order valence-electron chi connectivity index (χ0n) is 8.17. The number of ether oxygens (including phenoxy) is 1. The Hall–Kier alpha value is -0.830. The van der Waals surface area contributed by atoms with Crippen LogP contribution in [0.5, 0.6) is 0 Å². The molecule has 0 aromatic heterocycles. The molecule has 0 bridgehead atoms. The Labute approximate surface area is 78.4 Å². The van der Waals surface area contributed by atoms with E-state index >= 15 is 0 Å². The summed E-state index contributed by atoms with van der Waals surface area (Å²) in [6.07, 6.45) is 4.63. The van der Waals surface area contributed by atoms with E-state index in [2.05, 4.69) is 6.92 Å². The van der Waals surface area contributed by atoms with E-state index in [1.807, 2.05) is 0 Å². The normalized spacial score (nSPS) is 27.4. The number of carbonyl (C=O) groups is 1. The molecule has 1 unspecified atom stereocenters. The second-order valence-corrected chi connectivity index (χ2v) is 3.82. The molecule has 13 heavy (non-hydrogen) atoms. The van der Waals surface area contributed by atoms with Gasteiger partial charge in [0, 0.05) is 5.57 Å². The Kier molecular flexibility index (Phi) is 3.09. The number of carboxylic acids is 1. The van der Waals surface area contributed by atoms with Crippen molar-refractivity contribution < 1.29 is 14.6 Å². The largest absolute Gasteiger partial charge is 0.478 e. The van der Waals surface area contributed by atoms with E-state index in [0.29, 0.717) is 5.57 Å². The van der Waals surface area contributed by atoms with Gasteiger partial charge in [-0.1, -0.05) is 6.08 Å². The minimum absolute atomic E-state index is 0.102. The lowest BCUT2D eigenvalue weighted by atomic mass is 10.0. The molecule has 1 heterocycles. The maximum Gasteiger partial charge on any atom is 0.330 e. The Morgan fingerprint density at radius 2 is 2.31 bits per heavy atom. The molecule has 0 amide bonds. The summed E-state index contributed by atoms with van der Waals surface area (Å²) in [6.45, 7) is 4.56. The zero-order valence-corrected chi connectivity index (χ0v) is 8.17. The number of unbranched alkanes of at least 4 members (excludes halogenated alkanes) is 1. The van der Waals surface area contributed by atoms with Crippen LogP contribution in [-0.2, 0) is 9.53 Å². The third-order valence-electron chi connectivity index (χ3n) is 2.33. The summed E-state index contributed by atoms with van der Waals surface area (Å²) < 4.78 is 5.21. The molecule has 1 atom stereocenters. The van der Waals surface area contributed by atoms with Crippen LogP contribution >= 0.6 is 0 Å². The first kappa shape index (κ1) is 10.3. The van der Waals surface area contributed by atoms with Gasteiger partial charge >= 0.3 is 5.97 Å². The van der Waals surface area contributed by atoms with E-state index in [1.54, 1.807) is 13.0 Å². The second kappa shape index (κ2) is 3.92. The summed E-state index contributed by atoms with van der Waals surface area (Å²) in [5.41, 5.74) is 0.534. The molecule has 0 aromatic rings. The van der Waals surface area contributed by atoms with Crippen LogP contribution in [0.15, 0.2) is 11.6 Å². The maximum absolute atomic E-state index is 10.4. The summed E-state index contributed by atoms with van der Waals surface area (Å²) in [4.78, 5) is 10.4. The van der Waals surface area contributed by atoms with E-state index in [9.17, 15) is 4.79 Å². The van der Waals surface area contributed by atoms with Crippen LogP contribution in [0.25, 0.3) is 0 Å².